The van der Waals surface area contributed by atoms with Crippen LogP contribution in [0.15, 0.2) is 18.2 Å². The molecule has 1 atom stereocenters. The number of pyridine rings is 1. The third-order valence-electron chi connectivity index (χ3n) is 4.20. The van der Waals surface area contributed by atoms with Crippen LogP contribution in [0.5, 0.6) is 11.6 Å². The second-order valence-corrected chi connectivity index (χ2v) is 6.43. The highest BCUT2D eigenvalue weighted by atomic mass is 19.4. The summed E-state index contributed by atoms with van der Waals surface area (Å²) in [5.41, 5.74) is 0.101. The predicted molar refractivity (Wildman–Crippen MR) is 90.5 cm³/mol. The minimum absolute atomic E-state index is 0.00791. The van der Waals surface area contributed by atoms with E-state index in [9.17, 15) is 13.2 Å². The third kappa shape index (κ3) is 3.19. The van der Waals surface area contributed by atoms with Gasteiger partial charge in [0.15, 0.2) is 5.75 Å². The fourth-order valence-electron chi connectivity index (χ4n) is 3.17. The van der Waals surface area contributed by atoms with E-state index in [1.54, 1.807) is 26.0 Å². The van der Waals surface area contributed by atoms with E-state index in [4.69, 9.17) is 9.47 Å². The molecule has 0 saturated carbocycles. The Morgan fingerprint density at radius 2 is 2.08 bits per heavy atom. The van der Waals surface area contributed by atoms with Crippen molar-refractivity contribution in [1.82, 2.24) is 4.98 Å². The summed E-state index contributed by atoms with van der Waals surface area (Å²) in [6, 6.07) is 4.42. The van der Waals surface area contributed by atoms with Crippen molar-refractivity contribution in [3.8, 4) is 11.6 Å². The second kappa shape index (κ2) is 6.28. The Bertz CT molecular complexity index is 790. The SMILES string of the molecule is CCN1c2ccc3nc(OC(C)C)cc(C(F)(F)F)c3c2OC[C@H]1C. The molecule has 0 spiro atoms. The molecule has 0 amide bonds. The third-order valence-corrected chi connectivity index (χ3v) is 4.20. The first-order valence-electron chi connectivity index (χ1n) is 8.33. The number of anilines is 1. The lowest BCUT2D eigenvalue weighted by Gasteiger charge is -2.36. The maximum Gasteiger partial charge on any atom is 0.417 e. The maximum absolute atomic E-state index is 13.7. The molecule has 0 radical (unpaired) electrons. The minimum Gasteiger partial charge on any atom is -0.489 e. The highest BCUT2D eigenvalue weighted by Crippen LogP contribution is 2.46. The summed E-state index contributed by atoms with van der Waals surface area (Å²) in [6.07, 6.45) is -4.80. The molecule has 0 unspecified atom stereocenters. The van der Waals surface area contributed by atoms with Crippen molar-refractivity contribution in [3.63, 3.8) is 0 Å². The standard InChI is InChI=1S/C18H21F3N2O2/c1-5-23-11(4)9-24-17-14(23)7-6-13-16(17)12(18(19,20)21)8-15(22-13)25-10(2)3/h6-8,10-11H,5,9H2,1-4H3/t11-/m1/s1. The highest BCUT2D eigenvalue weighted by Gasteiger charge is 2.37. The van der Waals surface area contributed by atoms with Crippen molar-refractivity contribution in [2.24, 2.45) is 0 Å². The van der Waals surface area contributed by atoms with Crippen LogP contribution in [-0.2, 0) is 6.18 Å². The maximum atomic E-state index is 13.7. The zero-order valence-electron chi connectivity index (χ0n) is 14.6. The Kier molecular flexibility index (Phi) is 4.43. The van der Waals surface area contributed by atoms with Gasteiger partial charge in [-0.15, -0.1) is 0 Å². The van der Waals surface area contributed by atoms with Crippen LogP contribution in [0.4, 0.5) is 18.9 Å². The van der Waals surface area contributed by atoms with Crippen LogP contribution in [0.25, 0.3) is 10.9 Å². The van der Waals surface area contributed by atoms with Crippen molar-refractivity contribution in [2.75, 3.05) is 18.1 Å². The van der Waals surface area contributed by atoms with E-state index in [2.05, 4.69) is 4.98 Å². The number of ether oxygens (including phenoxy) is 2. The van der Waals surface area contributed by atoms with Gasteiger partial charge in [-0.25, -0.2) is 4.98 Å². The van der Waals surface area contributed by atoms with E-state index in [-0.39, 0.29) is 34.7 Å². The number of hydrogen-bond donors (Lipinski definition) is 0. The summed E-state index contributed by atoms with van der Waals surface area (Å²) in [5, 5.41) is -0.00791. The molecule has 3 rings (SSSR count). The van der Waals surface area contributed by atoms with Gasteiger partial charge >= 0.3 is 6.18 Å². The highest BCUT2D eigenvalue weighted by molar-refractivity contribution is 5.95. The molecule has 1 aromatic carbocycles. The molecule has 0 bridgehead atoms. The molecule has 1 aliphatic heterocycles. The van der Waals surface area contributed by atoms with Gasteiger partial charge in [0, 0.05) is 12.6 Å². The Morgan fingerprint density at radius 3 is 2.68 bits per heavy atom. The molecule has 0 N–H and O–H groups in total. The van der Waals surface area contributed by atoms with Gasteiger partial charge < -0.3 is 14.4 Å². The number of nitrogens with zero attached hydrogens (tertiary/aromatic N) is 2. The number of halogens is 3. The minimum atomic E-state index is -4.53. The lowest BCUT2D eigenvalue weighted by Crippen LogP contribution is -2.40. The average molecular weight is 354 g/mol. The number of likely N-dealkylation sites (N-methyl/N-ethyl adjacent to an activating group) is 1. The topological polar surface area (TPSA) is 34.6 Å². The van der Waals surface area contributed by atoms with Crippen LogP contribution in [0.1, 0.15) is 33.3 Å². The van der Waals surface area contributed by atoms with Crippen LogP contribution >= 0.6 is 0 Å². The van der Waals surface area contributed by atoms with Crippen LogP contribution < -0.4 is 14.4 Å². The summed E-state index contributed by atoms with van der Waals surface area (Å²) in [7, 11) is 0. The van der Waals surface area contributed by atoms with Crippen molar-refractivity contribution >= 4 is 16.6 Å². The van der Waals surface area contributed by atoms with Gasteiger partial charge in [0.1, 0.15) is 6.61 Å². The van der Waals surface area contributed by atoms with Gasteiger partial charge in [0.25, 0.3) is 0 Å². The van der Waals surface area contributed by atoms with E-state index in [1.807, 2.05) is 18.7 Å². The summed E-state index contributed by atoms with van der Waals surface area (Å²) in [4.78, 5) is 6.29. The first-order valence-corrected chi connectivity index (χ1v) is 8.33. The van der Waals surface area contributed by atoms with Crippen LogP contribution in [-0.4, -0.2) is 30.3 Å². The fraction of sp³-hybridized carbons (Fsp3) is 0.500. The molecule has 25 heavy (non-hydrogen) atoms. The molecular weight excluding hydrogens is 333 g/mol. The monoisotopic (exact) mass is 354 g/mol. The molecule has 7 heteroatoms. The predicted octanol–water partition coefficient (Wildman–Crippen LogP) is 4.65. The number of benzene rings is 1. The number of hydrogen-bond acceptors (Lipinski definition) is 4. The van der Waals surface area contributed by atoms with Crippen molar-refractivity contribution < 1.29 is 22.6 Å². The Hall–Kier alpha value is -2.18. The Morgan fingerprint density at radius 1 is 1.36 bits per heavy atom. The number of fused-ring (bicyclic) bond motifs is 3. The van der Waals surface area contributed by atoms with Crippen LogP contribution in [0, 0.1) is 0 Å². The number of aromatic nitrogens is 1. The lowest BCUT2D eigenvalue weighted by molar-refractivity contribution is -0.136. The van der Waals surface area contributed by atoms with Crippen LogP contribution in [0.2, 0.25) is 0 Å². The van der Waals surface area contributed by atoms with Gasteiger partial charge in [-0.1, -0.05) is 0 Å². The quantitative estimate of drug-likeness (QED) is 0.804. The largest absolute Gasteiger partial charge is 0.489 e. The molecule has 2 heterocycles. The molecule has 1 aliphatic rings. The van der Waals surface area contributed by atoms with E-state index < -0.39 is 11.7 Å². The van der Waals surface area contributed by atoms with E-state index in [1.165, 1.54) is 0 Å². The van der Waals surface area contributed by atoms with Gasteiger partial charge in [-0.3, -0.25) is 0 Å². The first-order chi connectivity index (χ1) is 11.7. The first kappa shape index (κ1) is 17.6. The smallest absolute Gasteiger partial charge is 0.417 e. The Labute approximate surface area is 144 Å². The van der Waals surface area contributed by atoms with E-state index in [0.29, 0.717) is 18.8 Å². The molecule has 0 fully saturated rings. The van der Waals surface area contributed by atoms with Gasteiger partial charge in [-0.2, -0.15) is 13.2 Å². The number of alkyl halides is 3. The zero-order valence-corrected chi connectivity index (χ0v) is 14.6. The molecule has 136 valence electrons. The van der Waals surface area contributed by atoms with Gasteiger partial charge in [0.05, 0.1) is 34.3 Å². The molecular formula is C18H21F3N2O2. The fourth-order valence-corrected chi connectivity index (χ4v) is 3.17. The van der Waals surface area contributed by atoms with Crippen molar-refractivity contribution in [2.45, 2.75) is 46.0 Å². The summed E-state index contributed by atoms with van der Waals surface area (Å²) in [5.74, 6) is 0.208. The molecule has 1 aromatic heterocycles. The molecule has 4 nitrogen and oxygen atoms in total. The summed E-state index contributed by atoms with van der Waals surface area (Å²) in [6.45, 7) is 8.47. The summed E-state index contributed by atoms with van der Waals surface area (Å²) >= 11 is 0. The van der Waals surface area contributed by atoms with Gasteiger partial charge in [-0.05, 0) is 39.8 Å². The molecule has 0 aliphatic carbocycles. The van der Waals surface area contributed by atoms with Crippen LogP contribution in [0.3, 0.4) is 0 Å². The normalized spacial score (nSPS) is 17.6. The Balaban J connectivity index is 2.29. The van der Waals surface area contributed by atoms with E-state index in [0.717, 1.165) is 6.07 Å². The molecule has 2 aromatic rings. The number of rotatable bonds is 3. The van der Waals surface area contributed by atoms with Crippen molar-refractivity contribution in [3.05, 3.63) is 23.8 Å². The van der Waals surface area contributed by atoms with Gasteiger partial charge in [0.2, 0.25) is 5.88 Å². The molecule has 0 saturated heterocycles. The summed E-state index contributed by atoms with van der Waals surface area (Å²) < 4.78 is 52.2. The zero-order chi connectivity index (χ0) is 18.4. The van der Waals surface area contributed by atoms with E-state index >= 15 is 0 Å². The average Bonchev–Trinajstić information content (AvgIpc) is 2.52. The lowest BCUT2D eigenvalue weighted by atomic mass is 10.0. The van der Waals surface area contributed by atoms with Crippen molar-refractivity contribution in [1.29, 1.82) is 0 Å². The second-order valence-electron chi connectivity index (χ2n) is 6.43.